The van der Waals surface area contributed by atoms with Gasteiger partial charge in [0.2, 0.25) is 0 Å². The third-order valence-electron chi connectivity index (χ3n) is 0. The monoisotopic (exact) mass is 699 g/mol. The molecule has 0 saturated heterocycles. The van der Waals surface area contributed by atoms with Gasteiger partial charge in [0.05, 0.1) is 0 Å². The molecular formula is F6Pt3. The molecular weight excluding hydrogens is 699 g/mol. The average Bonchev–Trinajstić information content (AvgIpc) is 0. The van der Waals surface area contributed by atoms with Crippen LogP contribution in [0.3, 0.4) is 0 Å². The van der Waals surface area contributed by atoms with Crippen molar-refractivity contribution in [3.05, 3.63) is 0 Å². The first-order valence-electron chi connectivity index (χ1n) is 0. The second-order valence-electron chi connectivity index (χ2n) is 0. The Balaban J connectivity index is 0. The van der Waals surface area contributed by atoms with Gasteiger partial charge in [-0.1, -0.05) is 0 Å². The Labute approximate surface area is 90.9 Å². The van der Waals surface area contributed by atoms with E-state index in [4.69, 9.17) is 0 Å². The fraction of sp³-hybridized carbons (Fsp3) is 0. The summed E-state index contributed by atoms with van der Waals surface area (Å²) in [7, 11) is 0. The van der Waals surface area contributed by atoms with Gasteiger partial charge in [0.15, 0.2) is 0 Å². The van der Waals surface area contributed by atoms with Crippen LogP contribution in [-0.2, 0) is 63.2 Å². The summed E-state index contributed by atoms with van der Waals surface area (Å²) in [5.41, 5.74) is 0. The molecule has 0 aliphatic heterocycles. The zero-order valence-electron chi connectivity index (χ0n) is 3.22. The minimum atomic E-state index is 0. The smallest absolute Gasteiger partial charge is 1.00 e. The third-order valence-corrected chi connectivity index (χ3v) is 0. The number of hydrogen-bond donors (Lipinski definition) is 0. The van der Waals surface area contributed by atoms with Crippen LogP contribution in [0.2, 0.25) is 0 Å². The summed E-state index contributed by atoms with van der Waals surface area (Å²) in [5.74, 6) is 0. The predicted molar refractivity (Wildman–Crippen MR) is 0 cm³/mol. The molecule has 0 N–H and O–H groups in total. The fourth-order valence-corrected chi connectivity index (χ4v) is 0. The Hall–Kier alpha value is 1.64. The standard InChI is InChI=1S/6FH.3Pt/h6*1H;;;/q;;;;;;3*+2/p-6. The Bertz CT molecular complexity index is 8.26. The minimum Gasteiger partial charge on any atom is -1.00 e. The zero-order chi connectivity index (χ0) is 0. The van der Waals surface area contributed by atoms with Crippen LogP contribution >= 0.6 is 0 Å². The largest absolute Gasteiger partial charge is 2.00 e. The molecule has 0 aromatic carbocycles. The van der Waals surface area contributed by atoms with E-state index in [1.165, 1.54) is 0 Å². The van der Waals surface area contributed by atoms with E-state index in [0.717, 1.165) is 0 Å². The van der Waals surface area contributed by atoms with Crippen LogP contribution < -0.4 is 28.2 Å². The second-order valence-corrected chi connectivity index (χ2v) is 0. The molecule has 0 nitrogen and oxygen atoms in total. The fourth-order valence-electron chi connectivity index (χ4n) is 0. The predicted octanol–water partition coefficient (Wildman–Crippen LogP) is -18.0. The van der Waals surface area contributed by atoms with E-state index in [-0.39, 0.29) is 91.4 Å². The average molecular weight is 699 g/mol. The van der Waals surface area contributed by atoms with Gasteiger partial charge >= 0.3 is 63.2 Å². The molecule has 0 heterocycles. The van der Waals surface area contributed by atoms with Crippen LogP contribution in [-0.4, -0.2) is 0 Å². The number of rotatable bonds is 0. The normalized spacial score (nSPS) is 0. The molecule has 0 saturated carbocycles. The number of halogens is 6. The van der Waals surface area contributed by atoms with Crippen molar-refractivity contribution < 1.29 is 91.4 Å². The molecule has 72 valence electrons. The van der Waals surface area contributed by atoms with Crippen LogP contribution in [0.25, 0.3) is 0 Å². The van der Waals surface area contributed by atoms with Gasteiger partial charge in [-0.15, -0.1) is 0 Å². The molecule has 0 atom stereocenters. The van der Waals surface area contributed by atoms with Crippen molar-refractivity contribution in [1.82, 2.24) is 0 Å². The van der Waals surface area contributed by atoms with E-state index in [9.17, 15) is 0 Å². The molecule has 0 radical (unpaired) electrons. The summed E-state index contributed by atoms with van der Waals surface area (Å²) in [6.07, 6.45) is 0. The van der Waals surface area contributed by atoms with Gasteiger partial charge < -0.3 is 28.2 Å². The van der Waals surface area contributed by atoms with Crippen LogP contribution in [0.4, 0.5) is 0 Å². The summed E-state index contributed by atoms with van der Waals surface area (Å²) >= 11 is 0. The Kier molecular flexibility index (Phi) is 10800. The van der Waals surface area contributed by atoms with E-state index >= 15 is 0 Å². The Morgan fingerprint density at radius 3 is 0.222 bits per heavy atom. The molecule has 0 fully saturated rings. The first-order valence-corrected chi connectivity index (χ1v) is 0. The van der Waals surface area contributed by atoms with Crippen LogP contribution in [0.5, 0.6) is 0 Å². The third kappa shape index (κ3) is 208. The quantitative estimate of drug-likeness (QED) is 0.221. The van der Waals surface area contributed by atoms with Crippen molar-refractivity contribution >= 4 is 0 Å². The number of hydrogen-bond acceptors (Lipinski definition) is 0. The Morgan fingerprint density at radius 2 is 0.222 bits per heavy atom. The maximum atomic E-state index is 0. The van der Waals surface area contributed by atoms with E-state index in [2.05, 4.69) is 0 Å². The van der Waals surface area contributed by atoms with Gasteiger partial charge in [0.1, 0.15) is 0 Å². The second kappa shape index (κ2) is 266. The van der Waals surface area contributed by atoms with Crippen LogP contribution in [0.1, 0.15) is 0 Å². The molecule has 0 bridgehead atoms. The molecule has 0 unspecified atom stereocenters. The maximum Gasteiger partial charge on any atom is 2.00 e. The SMILES string of the molecule is [F-].[F-].[F-].[F-].[F-].[F-].[Pt+2].[Pt+2].[Pt+2]. The van der Waals surface area contributed by atoms with E-state index in [1.807, 2.05) is 0 Å². The van der Waals surface area contributed by atoms with Crippen LogP contribution in [0, 0.1) is 0 Å². The van der Waals surface area contributed by atoms with E-state index in [0.29, 0.717) is 0 Å². The Morgan fingerprint density at radius 1 is 0.222 bits per heavy atom. The maximum absolute atomic E-state index is 0. The molecule has 9 heteroatoms. The molecule has 0 aromatic heterocycles. The van der Waals surface area contributed by atoms with Crippen molar-refractivity contribution in [3.8, 4) is 0 Å². The van der Waals surface area contributed by atoms with Crippen molar-refractivity contribution in [1.29, 1.82) is 0 Å². The van der Waals surface area contributed by atoms with Gasteiger partial charge in [0.25, 0.3) is 0 Å². The molecule has 0 aliphatic rings. The summed E-state index contributed by atoms with van der Waals surface area (Å²) in [5, 5.41) is 0. The molecule has 0 aliphatic carbocycles. The first kappa shape index (κ1) is 366. The van der Waals surface area contributed by atoms with E-state index in [1.54, 1.807) is 0 Å². The van der Waals surface area contributed by atoms with E-state index < -0.39 is 0 Å². The zero-order valence-corrected chi connectivity index (χ0v) is 10.0. The van der Waals surface area contributed by atoms with Gasteiger partial charge in [-0.3, -0.25) is 0 Å². The van der Waals surface area contributed by atoms with Gasteiger partial charge in [0, 0.05) is 0 Å². The van der Waals surface area contributed by atoms with Crippen molar-refractivity contribution in [2.45, 2.75) is 0 Å². The van der Waals surface area contributed by atoms with Gasteiger partial charge in [-0.2, -0.15) is 0 Å². The van der Waals surface area contributed by atoms with Crippen molar-refractivity contribution in [2.75, 3.05) is 0 Å². The van der Waals surface area contributed by atoms with Gasteiger partial charge in [-0.25, -0.2) is 0 Å². The van der Waals surface area contributed by atoms with Gasteiger partial charge in [-0.05, 0) is 0 Å². The molecule has 0 rings (SSSR count). The van der Waals surface area contributed by atoms with Crippen molar-refractivity contribution in [3.63, 3.8) is 0 Å². The first-order chi connectivity index (χ1) is 0. The molecule has 0 spiro atoms. The molecule has 9 heavy (non-hydrogen) atoms. The minimum absolute atomic E-state index is 0. The summed E-state index contributed by atoms with van der Waals surface area (Å²) < 4.78 is 0. The molecule has 0 amide bonds. The molecule has 0 aromatic rings. The summed E-state index contributed by atoms with van der Waals surface area (Å²) in [4.78, 5) is 0. The summed E-state index contributed by atoms with van der Waals surface area (Å²) in [6, 6.07) is 0. The van der Waals surface area contributed by atoms with Crippen molar-refractivity contribution in [2.24, 2.45) is 0 Å². The van der Waals surface area contributed by atoms with Crippen LogP contribution in [0.15, 0.2) is 0 Å². The topological polar surface area (TPSA) is 0 Å². The summed E-state index contributed by atoms with van der Waals surface area (Å²) in [6.45, 7) is 0.